The van der Waals surface area contributed by atoms with Crippen molar-refractivity contribution in [2.45, 2.75) is 18.9 Å². The molecule has 1 aromatic carbocycles. The van der Waals surface area contributed by atoms with Crippen molar-refractivity contribution in [3.63, 3.8) is 0 Å². The molecule has 1 saturated heterocycles. The van der Waals surface area contributed by atoms with Crippen LogP contribution >= 0.6 is 11.6 Å². The second-order valence-electron chi connectivity index (χ2n) is 4.72. The molecule has 0 spiro atoms. The summed E-state index contributed by atoms with van der Waals surface area (Å²) in [4.78, 5) is 6.78. The third kappa shape index (κ3) is 1.93. The van der Waals surface area contributed by atoms with Crippen molar-refractivity contribution >= 4 is 28.2 Å². The van der Waals surface area contributed by atoms with Gasteiger partial charge in [0.15, 0.2) is 0 Å². The Morgan fingerprint density at radius 3 is 3.11 bits per heavy atom. The first kappa shape index (κ1) is 11.8. The molecule has 1 aromatic heterocycles. The molecule has 18 heavy (non-hydrogen) atoms. The molecule has 2 N–H and O–H groups in total. The zero-order chi connectivity index (χ0) is 12.5. The summed E-state index contributed by atoms with van der Waals surface area (Å²) < 4.78 is 0. The average Bonchev–Trinajstić information content (AvgIpc) is 2.85. The minimum Gasteiger partial charge on any atom is -0.367 e. The van der Waals surface area contributed by atoms with Crippen LogP contribution in [0.25, 0.3) is 10.9 Å². The van der Waals surface area contributed by atoms with Crippen LogP contribution < -0.4 is 10.6 Å². The molecule has 1 aliphatic rings. The highest BCUT2D eigenvalue weighted by Gasteiger charge is 2.24. The average molecular weight is 262 g/mol. The number of pyridine rings is 1. The maximum absolute atomic E-state index is 6.01. The van der Waals surface area contributed by atoms with Gasteiger partial charge in [-0.15, -0.1) is 0 Å². The third-order valence-corrected chi connectivity index (χ3v) is 3.88. The molecule has 1 atom stereocenters. The number of rotatable bonds is 2. The molecule has 2 aromatic rings. The van der Waals surface area contributed by atoms with Gasteiger partial charge >= 0.3 is 0 Å². The van der Waals surface area contributed by atoms with Gasteiger partial charge in [-0.3, -0.25) is 4.98 Å². The maximum atomic E-state index is 6.01. The lowest BCUT2D eigenvalue weighted by Gasteiger charge is -2.26. The second kappa shape index (κ2) is 4.75. The van der Waals surface area contributed by atoms with Gasteiger partial charge in [-0.25, -0.2) is 0 Å². The van der Waals surface area contributed by atoms with Crippen LogP contribution in [0.2, 0.25) is 5.02 Å². The predicted octanol–water partition coefficient (Wildman–Crippen LogP) is 2.82. The van der Waals surface area contributed by atoms with Gasteiger partial charge in [0.1, 0.15) is 0 Å². The molecule has 2 heterocycles. The van der Waals surface area contributed by atoms with E-state index in [1.165, 1.54) is 18.5 Å². The Morgan fingerprint density at radius 2 is 2.28 bits per heavy atom. The number of hydrogen-bond donors (Lipinski definition) is 1. The number of halogens is 1. The Balaban J connectivity index is 2.11. The fourth-order valence-corrected chi connectivity index (χ4v) is 2.92. The van der Waals surface area contributed by atoms with Gasteiger partial charge in [-0.1, -0.05) is 11.6 Å². The summed E-state index contributed by atoms with van der Waals surface area (Å²) in [5, 5.41) is 1.88. The minimum atomic E-state index is 0.450. The Bertz CT molecular complexity index is 570. The fourth-order valence-electron chi connectivity index (χ4n) is 2.75. The van der Waals surface area contributed by atoms with Crippen LogP contribution in [0.3, 0.4) is 0 Å². The topological polar surface area (TPSA) is 42.1 Å². The van der Waals surface area contributed by atoms with Crippen LogP contribution in [0.1, 0.15) is 12.8 Å². The van der Waals surface area contributed by atoms with Crippen molar-refractivity contribution in [2.24, 2.45) is 5.73 Å². The minimum absolute atomic E-state index is 0.450. The second-order valence-corrected chi connectivity index (χ2v) is 5.15. The van der Waals surface area contributed by atoms with E-state index in [0.717, 1.165) is 22.5 Å². The largest absolute Gasteiger partial charge is 0.367 e. The number of hydrogen-bond acceptors (Lipinski definition) is 3. The van der Waals surface area contributed by atoms with Crippen LogP contribution in [-0.4, -0.2) is 24.1 Å². The third-order valence-electron chi connectivity index (χ3n) is 3.64. The number of aromatic nitrogens is 1. The van der Waals surface area contributed by atoms with E-state index in [-0.39, 0.29) is 0 Å². The highest BCUT2D eigenvalue weighted by atomic mass is 35.5. The summed E-state index contributed by atoms with van der Waals surface area (Å²) in [6, 6.07) is 8.40. The van der Waals surface area contributed by atoms with Gasteiger partial charge in [0.25, 0.3) is 0 Å². The first-order chi connectivity index (χ1) is 8.79. The molecule has 0 amide bonds. The van der Waals surface area contributed by atoms with E-state index >= 15 is 0 Å². The van der Waals surface area contributed by atoms with Crippen molar-refractivity contribution < 1.29 is 0 Å². The van der Waals surface area contributed by atoms with Gasteiger partial charge in [0.2, 0.25) is 0 Å². The predicted molar refractivity (Wildman–Crippen MR) is 76.2 cm³/mol. The zero-order valence-corrected chi connectivity index (χ0v) is 10.9. The van der Waals surface area contributed by atoms with Gasteiger partial charge < -0.3 is 10.6 Å². The molecule has 0 aliphatic carbocycles. The highest BCUT2D eigenvalue weighted by molar-refractivity contribution is 6.31. The molecule has 3 nitrogen and oxygen atoms in total. The highest BCUT2D eigenvalue weighted by Crippen LogP contribution is 2.32. The SMILES string of the molecule is NCC1CCCN1c1ccnc2cc(Cl)ccc12. The molecular weight excluding hydrogens is 246 g/mol. The van der Waals surface area contributed by atoms with Gasteiger partial charge in [-0.2, -0.15) is 0 Å². The van der Waals surface area contributed by atoms with Crippen molar-refractivity contribution in [3.05, 3.63) is 35.5 Å². The Labute approximate surface area is 112 Å². The molecule has 1 aliphatic heterocycles. The van der Waals surface area contributed by atoms with E-state index in [4.69, 9.17) is 17.3 Å². The number of anilines is 1. The lowest BCUT2D eigenvalue weighted by Crippen LogP contribution is -2.35. The van der Waals surface area contributed by atoms with E-state index in [1.807, 2.05) is 24.4 Å². The summed E-state index contributed by atoms with van der Waals surface area (Å²) >= 11 is 6.01. The van der Waals surface area contributed by atoms with E-state index in [1.54, 1.807) is 0 Å². The monoisotopic (exact) mass is 261 g/mol. The molecule has 0 saturated carbocycles. The van der Waals surface area contributed by atoms with E-state index in [0.29, 0.717) is 12.6 Å². The normalized spacial score (nSPS) is 19.7. The van der Waals surface area contributed by atoms with Gasteiger partial charge in [0.05, 0.1) is 5.52 Å². The van der Waals surface area contributed by atoms with E-state index in [2.05, 4.69) is 16.0 Å². The Morgan fingerprint density at radius 1 is 1.39 bits per heavy atom. The van der Waals surface area contributed by atoms with Crippen molar-refractivity contribution in [3.8, 4) is 0 Å². The van der Waals surface area contributed by atoms with Crippen LogP contribution in [0.15, 0.2) is 30.5 Å². The van der Waals surface area contributed by atoms with Crippen molar-refractivity contribution in [1.29, 1.82) is 0 Å². The molecule has 0 bridgehead atoms. The van der Waals surface area contributed by atoms with Gasteiger partial charge in [-0.05, 0) is 37.1 Å². The molecule has 1 unspecified atom stereocenters. The lowest BCUT2D eigenvalue weighted by atomic mass is 10.1. The summed E-state index contributed by atoms with van der Waals surface area (Å²) in [6.45, 7) is 1.78. The van der Waals surface area contributed by atoms with E-state index in [9.17, 15) is 0 Å². The van der Waals surface area contributed by atoms with E-state index < -0.39 is 0 Å². The van der Waals surface area contributed by atoms with Crippen LogP contribution in [0.5, 0.6) is 0 Å². The summed E-state index contributed by atoms with van der Waals surface area (Å²) in [6.07, 6.45) is 4.23. The molecule has 94 valence electrons. The fraction of sp³-hybridized carbons (Fsp3) is 0.357. The first-order valence-electron chi connectivity index (χ1n) is 6.30. The molecule has 0 radical (unpaired) electrons. The smallest absolute Gasteiger partial charge is 0.0737 e. The Kier molecular flexibility index (Phi) is 3.10. The molecule has 1 fully saturated rings. The van der Waals surface area contributed by atoms with Crippen molar-refractivity contribution in [2.75, 3.05) is 18.0 Å². The number of nitrogens with two attached hydrogens (primary N) is 1. The molecule has 3 rings (SSSR count). The molecular formula is C14H16ClN3. The lowest BCUT2D eigenvalue weighted by molar-refractivity contribution is 0.678. The number of fused-ring (bicyclic) bond motifs is 1. The van der Waals surface area contributed by atoms with Crippen LogP contribution in [0, 0.1) is 0 Å². The maximum Gasteiger partial charge on any atom is 0.0737 e. The quantitative estimate of drug-likeness (QED) is 0.904. The molecule has 4 heteroatoms. The summed E-state index contributed by atoms with van der Waals surface area (Å²) in [7, 11) is 0. The van der Waals surface area contributed by atoms with Crippen LogP contribution in [-0.2, 0) is 0 Å². The van der Waals surface area contributed by atoms with Crippen LogP contribution in [0.4, 0.5) is 5.69 Å². The summed E-state index contributed by atoms with van der Waals surface area (Å²) in [5.41, 5.74) is 8.02. The number of benzene rings is 1. The van der Waals surface area contributed by atoms with Gasteiger partial charge in [0, 0.05) is 41.4 Å². The first-order valence-corrected chi connectivity index (χ1v) is 6.68. The van der Waals surface area contributed by atoms with Crippen molar-refractivity contribution in [1.82, 2.24) is 4.98 Å². The summed E-state index contributed by atoms with van der Waals surface area (Å²) in [5.74, 6) is 0. The Hall–Kier alpha value is -1.32. The number of nitrogens with zero attached hydrogens (tertiary/aromatic N) is 2. The zero-order valence-electron chi connectivity index (χ0n) is 10.1. The standard InChI is InChI=1S/C14H16ClN3/c15-10-3-4-12-13(8-10)17-6-5-14(12)18-7-1-2-11(18)9-16/h3-6,8,11H,1-2,7,9,16H2.